The number of urea groups is 1. The van der Waals surface area contributed by atoms with Crippen molar-refractivity contribution in [1.29, 1.82) is 0 Å². The van der Waals surface area contributed by atoms with Gasteiger partial charge in [-0.25, -0.2) is 4.79 Å². The first-order chi connectivity index (χ1) is 11.5. The van der Waals surface area contributed by atoms with Crippen LogP contribution in [-0.2, 0) is 11.8 Å². The number of halogens is 1. The van der Waals surface area contributed by atoms with Gasteiger partial charge in [0.25, 0.3) is 0 Å². The summed E-state index contributed by atoms with van der Waals surface area (Å²) in [7, 11) is 3.36. The standard InChI is InChI=1S/C15H18ClN5O2S/c1-17-14(23)18-12(22)4-3-9-24-15-20-19-13(21(15)2)10-5-7-11(16)8-6-10/h5-8H,3-4,9H2,1-2H3,(H2,17,18,22,23). The molecule has 128 valence electrons. The molecule has 0 saturated heterocycles. The molecule has 2 N–H and O–H groups in total. The minimum absolute atomic E-state index is 0.280. The minimum atomic E-state index is -0.492. The summed E-state index contributed by atoms with van der Waals surface area (Å²) in [5.41, 5.74) is 0.936. The number of benzene rings is 1. The van der Waals surface area contributed by atoms with Crippen LogP contribution in [0.25, 0.3) is 11.4 Å². The molecule has 2 aromatic rings. The first kappa shape index (κ1) is 18.3. The molecule has 0 unspecified atom stereocenters. The van der Waals surface area contributed by atoms with Gasteiger partial charge in [-0.15, -0.1) is 10.2 Å². The molecule has 9 heteroatoms. The summed E-state index contributed by atoms with van der Waals surface area (Å²) in [6, 6.07) is 6.91. The van der Waals surface area contributed by atoms with Crippen molar-refractivity contribution in [1.82, 2.24) is 25.4 Å². The summed E-state index contributed by atoms with van der Waals surface area (Å²) in [5, 5.41) is 14.4. The van der Waals surface area contributed by atoms with Crippen LogP contribution >= 0.6 is 23.4 Å². The van der Waals surface area contributed by atoms with Gasteiger partial charge in [-0.05, 0) is 30.7 Å². The molecule has 0 radical (unpaired) electrons. The number of rotatable bonds is 6. The number of imide groups is 1. The van der Waals surface area contributed by atoms with Crippen LogP contribution in [0.4, 0.5) is 4.79 Å². The fourth-order valence-electron chi connectivity index (χ4n) is 1.94. The third-order valence-corrected chi connectivity index (χ3v) is 4.56. The number of thioether (sulfide) groups is 1. The van der Waals surface area contributed by atoms with Crippen LogP contribution in [-0.4, -0.2) is 39.5 Å². The van der Waals surface area contributed by atoms with E-state index >= 15 is 0 Å². The lowest BCUT2D eigenvalue weighted by Gasteiger charge is -2.05. The SMILES string of the molecule is CNC(=O)NC(=O)CCCSc1nnc(-c2ccc(Cl)cc2)n1C. The fraction of sp³-hybridized carbons (Fsp3) is 0.333. The highest BCUT2D eigenvalue weighted by molar-refractivity contribution is 7.99. The maximum Gasteiger partial charge on any atom is 0.321 e. The van der Waals surface area contributed by atoms with E-state index in [1.54, 1.807) is 0 Å². The lowest BCUT2D eigenvalue weighted by molar-refractivity contribution is -0.120. The largest absolute Gasteiger partial charge is 0.341 e. The molecule has 0 bridgehead atoms. The molecule has 0 aliphatic rings. The Hall–Kier alpha value is -2.06. The summed E-state index contributed by atoms with van der Waals surface area (Å²) >= 11 is 7.41. The van der Waals surface area contributed by atoms with Crippen molar-refractivity contribution in [2.45, 2.75) is 18.0 Å². The van der Waals surface area contributed by atoms with E-state index in [0.29, 0.717) is 17.2 Å². The number of carbonyl (C=O) groups is 2. The van der Waals surface area contributed by atoms with Crippen molar-refractivity contribution in [2.24, 2.45) is 7.05 Å². The van der Waals surface area contributed by atoms with E-state index in [4.69, 9.17) is 11.6 Å². The lowest BCUT2D eigenvalue weighted by Crippen LogP contribution is -2.37. The molecule has 2 rings (SSSR count). The van der Waals surface area contributed by atoms with Gasteiger partial charge in [0.2, 0.25) is 5.91 Å². The number of nitrogens with one attached hydrogen (secondary N) is 2. The van der Waals surface area contributed by atoms with Crippen molar-refractivity contribution < 1.29 is 9.59 Å². The molecular formula is C15H18ClN5O2S. The summed E-state index contributed by atoms with van der Waals surface area (Å²) in [4.78, 5) is 22.5. The molecule has 0 aliphatic carbocycles. The maximum atomic E-state index is 11.5. The quantitative estimate of drug-likeness (QED) is 0.604. The van der Waals surface area contributed by atoms with Crippen LogP contribution in [0.3, 0.4) is 0 Å². The number of aromatic nitrogens is 3. The smallest absolute Gasteiger partial charge is 0.321 e. The van der Waals surface area contributed by atoms with Crippen molar-refractivity contribution in [3.63, 3.8) is 0 Å². The number of carbonyl (C=O) groups excluding carboxylic acids is 2. The Labute approximate surface area is 149 Å². The van der Waals surface area contributed by atoms with Gasteiger partial charge in [0, 0.05) is 36.9 Å². The van der Waals surface area contributed by atoms with E-state index < -0.39 is 6.03 Å². The zero-order valence-electron chi connectivity index (χ0n) is 13.4. The number of hydrogen-bond donors (Lipinski definition) is 2. The summed E-state index contributed by atoms with van der Waals surface area (Å²) in [6.07, 6.45) is 0.916. The highest BCUT2D eigenvalue weighted by Crippen LogP contribution is 2.24. The predicted molar refractivity (Wildman–Crippen MR) is 94.0 cm³/mol. The molecule has 0 spiro atoms. The third kappa shape index (κ3) is 4.97. The number of nitrogens with zero attached hydrogens (tertiary/aromatic N) is 3. The third-order valence-electron chi connectivity index (χ3n) is 3.20. The van der Waals surface area contributed by atoms with E-state index in [2.05, 4.69) is 20.8 Å². The van der Waals surface area contributed by atoms with E-state index in [1.165, 1.54) is 18.8 Å². The first-order valence-electron chi connectivity index (χ1n) is 7.31. The van der Waals surface area contributed by atoms with Gasteiger partial charge < -0.3 is 9.88 Å². The second-order valence-electron chi connectivity index (χ2n) is 4.95. The Morgan fingerprint density at radius 2 is 1.96 bits per heavy atom. The highest BCUT2D eigenvalue weighted by atomic mass is 35.5. The fourth-order valence-corrected chi connectivity index (χ4v) is 2.91. The Bertz CT molecular complexity index is 717. The summed E-state index contributed by atoms with van der Waals surface area (Å²) < 4.78 is 1.90. The number of hydrogen-bond acceptors (Lipinski definition) is 5. The van der Waals surface area contributed by atoms with E-state index in [0.717, 1.165) is 16.5 Å². The Balaban J connectivity index is 1.85. The molecule has 1 heterocycles. The van der Waals surface area contributed by atoms with Crippen LogP contribution in [0.2, 0.25) is 5.02 Å². The topological polar surface area (TPSA) is 88.9 Å². The molecule has 3 amide bonds. The van der Waals surface area contributed by atoms with Crippen LogP contribution in [0.1, 0.15) is 12.8 Å². The predicted octanol–water partition coefficient (Wildman–Crippen LogP) is 2.46. The van der Waals surface area contributed by atoms with E-state index in [-0.39, 0.29) is 12.3 Å². The number of amides is 3. The second-order valence-corrected chi connectivity index (χ2v) is 6.45. The Kier molecular flexibility index (Phi) is 6.62. The van der Waals surface area contributed by atoms with Gasteiger partial charge in [-0.2, -0.15) is 0 Å². The molecular weight excluding hydrogens is 350 g/mol. The zero-order valence-corrected chi connectivity index (χ0v) is 14.9. The molecule has 1 aromatic heterocycles. The van der Waals surface area contributed by atoms with Gasteiger partial charge in [0.1, 0.15) is 0 Å². The average Bonchev–Trinajstić information content (AvgIpc) is 2.93. The monoisotopic (exact) mass is 367 g/mol. The molecule has 7 nitrogen and oxygen atoms in total. The summed E-state index contributed by atoms with van der Waals surface area (Å²) in [5.74, 6) is 1.16. The van der Waals surface area contributed by atoms with E-state index in [1.807, 2.05) is 35.9 Å². The van der Waals surface area contributed by atoms with Crippen molar-refractivity contribution in [3.05, 3.63) is 29.3 Å². The highest BCUT2D eigenvalue weighted by Gasteiger charge is 2.11. The van der Waals surface area contributed by atoms with Gasteiger partial charge in [0.05, 0.1) is 0 Å². The van der Waals surface area contributed by atoms with Gasteiger partial charge >= 0.3 is 6.03 Å². The van der Waals surface area contributed by atoms with Crippen molar-refractivity contribution >= 4 is 35.3 Å². The van der Waals surface area contributed by atoms with Crippen molar-refractivity contribution in [2.75, 3.05) is 12.8 Å². The first-order valence-corrected chi connectivity index (χ1v) is 8.67. The molecule has 0 atom stereocenters. The second kappa shape index (κ2) is 8.70. The molecule has 24 heavy (non-hydrogen) atoms. The Morgan fingerprint density at radius 3 is 2.62 bits per heavy atom. The van der Waals surface area contributed by atoms with E-state index in [9.17, 15) is 9.59 Å². The molecule has 0 saturated carbocycles. The van der Waals surface area contributed by atoms with Crippen molar-refractivity contribution in [3.8, 4) is 11.4 Å². The normalized spacial score (nSPS) is 10.5. The minimum Gasteiger partial charge on any atom is -0.341 e. The average molecular weight is 368 g/mol. The lowest BCUT2D eigenvalue weighted by atomic mass is 10.2. The van der Waals surface area contributed by atoms with Crippen LogP contribution in [0.15, 0.2) is 29.4 Å². The van der Waals surface area contributed by atoms with Crippen LogP contribution < -0.4 is 10.6 Å². The van der Waals surface area contributed by atoms with Gasteiger partial charge in [-0.1, -0.05) is 23.4 Å². The molecule has 0 aliphatic heterocycles. The molecule has 0 fully saturated rings. The summed E-state index contributed by atoms with van der Waals surface area (Å²) in [6.45, 7) is 0. The van der Waals surface area contributed by atoms with Gasteiger partial charge in [-0.3, -0.25) is 10.1 Å². The maximum absolute atomic E-state index is 11.5. The molecule has 1 aromatic carbocycles. The zero-order chi connectivity index (χ0) is 17.5. The van der Waals surface area contributed by atoms with Crippen LogP contribution in [0.5, 0.6) is 0 Å². The Morgan fingerprint density at radius 1 is 1.25 bits per heavy atom. The van der Waals surface area contributed by atoms with Gasteiger partial charge in [0.15, 0.2) is 11.0 Å². The van der Waals surface area contributed by atoms with Crippen LogP contribution in [0, 0.1) is 0 Å².